The van der Waals surface area contributed by atoms with E-state index in [0.717, 1.165) is 18.9 Å². The molecule has 17 heavy (non-hydrogen) atoms. The van der Waals surface area contributed by atoms with Crippen molar-refractivity contribution in [2.45, 2.75) is 46.7 Å². The predicted octanol–water partition coefficient (Wildman–Crippen LogP) is 2.00. The number of hydrogen-bond donors (Lipinski definition) is 0. The van der Waals surface area contributed by atoms with E-state index in [-0.39, 0.29) is 11.8 Å². The van der Waals surface area contributed by atoms with Crippen LogP contribution in [-0.4, -0.2) is 26.9 Å². The Morgan fingerprint density at radius 2 is 2.00 bits per heavy atom. The molecule has 1 aromatic heterocycles. The molecule has 0 spiro atoms. The summed E-state index contributed by atoms with van der Waals surface area (Å²) >= 11 is 0. The molecule has 0 atom stereocenters. The number of rotatable bonds is 2. The van der Waals surface area contributed by atoms with Crippen LogP contribution in [0.3, 0.4) is 0 Å². The van der Waals surface area contributed by atoms with Gasteiger partial charge in [0.2, 0.25) is 5.91 Å². The lowest BCUT2D eigenvalue weighted by Crippen LogP contribution is -2.40. The van der Waals surface area contributed by atoms with Gasteiger partial charge in [0, 0.05) is 30.9 Å². The van der Waals surface area contributed by atoms with E-state index in [9.17, 15) is 4.79 Å². The Morgan fingerprint density at radius 3 is 2.59 bits per heavy atom. The standard InChI is InChI=1S/C13H21N3O/c1-9(2)11-7-14-12-8-15(5-6-16(11)12)13(17)10(3)4/h7,9-10H,5-6,8H2,1-4H3. The molecule has 0 saturated carbocycles. The van der Waals surface area contributed by atoms with Gasteiger partial charge in [0.05, 0.1) is 6.54 Å². The van der Waals surface area contributed by atoms with Gasteiger partial charge in [-0.3, -0.25) is 4.79 Å². The highest BCUT2D eigenvalue weighted by Gasteiger charge is 2.25. The zero-order valence-corrected chi connectivity index (χ0v) is 11.1. The van der Waals surface area contributed by atoms with Gasteiger partial charge in [-0.05, 0) is 5.92 Å². The zero-order valence-electron chi connectivity index (χ0n) is 11.1. The Labute approximate surface area is 103 Å². The van der Waals surface area contributed by atoms with E-state index in [1.54, 1.807) is 0 Å². The number of fused-ring (bicyclic) bond motifs is 1. The first-order valence-corrected chi connectivity index (χ1v) is 6.33. The minimum Gasteiger partial charge on any atom is -0.333 e. The summed E-state index contributed by atoms with van der Waals surface area (Å²) in [6.07, 6.45) is 1.95. The monoisotopic (exact) mass is 235 g/mol. The second kappa shape index (κ2) is 4.51. The van der Waals surface area contributed by atoms with Gasteiger partial charge in [0.1, 0.15) is 5.82 Å². The number of amides is 1. The summed E-state index contributed by atoms with van der Waals surface area (Å²) in [5, 5.41) is 0. The Kier molecular flexibility index (Phi) is 3.22. The van der Waals surface area contributed by atoms with Crippen LogP contribution in [0.1, 0.15) is 45.1 Å². The number of imidazole rings is 1. The molecule has 2 rings (SSSR count). The van der Waals surface area contributed by atoms with Crippen LogP contribution in [0.4, 0.5) is 0 Å². The number of aromatic nitrogens is 2. The summed E-state index contributed by atoms with van der Waals surface area (Å²) in [6.45, 7) is 10.6. The minimum absolute atomic E-state index is 0.0704. The first-order valence-electron chi connectivity index (χ1n) is 6.33. The largest absolute Gasteiger partial charge is 0.333 e. The Hall–Kier alpha value is -1.32. The lowest BCUT2D eigenvalue weighted by Gasteiger charge is -2.30. The van der Waals surface area contributed by atoms with Gasteiger partial charge >= 0.3 is 0 Å². The third-order valence-electron chi connectivity index (χ3n) is 3.29. The minimum atomic E-state index is 0.0704. The highest BCUT2D eigenvalue weighted by Crippen LogP contribution is 2.21. The normalized spacial score (nSPS) is 15.5. The fourth-order valence-electron chi connectivity index (χ4n) is 2.30. The van der Waals surface area contributed by atoms with Gasteiger partial charge < -0.3 is 9.47 Å². The van der Waals surface area contributed by atoms with Crippen LogP contribution in [0, 0.1) is 5.92 Å². The molecule has 0 aliphatic carbocycles. The van der Waals surface area contributed by atoms with Crippen LogP contribution < -0.4 is 0 Å². The Bertz CT molecular complexity index is 420. The van der Waals surface area contributed by atoms with Crippen LogP contribution in [0.25, 0.3) is 0 Å². The lowest BCUT2D eigenvalue weighted by molar-refractivity contribution is -0.136. The molecule has 0 aromatic carbocycles. The molecule has 0 N–H and O–H groups in total. The molecule has 0 bridgehead atoms. The van der Waals surface area contributed by atoms with Crippen molar-refractivity contribution in [1.29, 1.82) is 0 Å². The van der Waals surface area contributed by atoms with Crippen LogP contribution in [0.15, 0.2) is 6.20 Å². The third kappa shape index (κ3) is 2.21. The smallest absolute Gasteiger partial charge is 0.225 e. The second-order valence-electron chi connectivity index (χ2n) is 5.32. The maximum atomic E-state index is 11.9. The maximum absolute atomic E-state index is 11.9. The summed E-state index contributed by atoms with van der Waals surface area (Å²) in [7, 11) is 0. The van der Waals surface area contributed by atoms with Crippen molar-refractivity contribution < 1.29 is 4.79 Å². The second-order valence-corrected chi connectivity index (χ2v) is 5.32. The molecular formula is C13H21N3O. The summed E-state index contributed by atoms with van der Waals surface area (Å²) < 4.78 is 2.26. The topological polar surface area (TPSA) is 38.1 Å². The van der Waals surface area contributed by atoms with Gasteiger partial charge in [-0.1, -0.05) is 27.7 Å². The van der Waals surface area contributed by atoms with Crippen molar-refractivity contribution in [3.05, 3.63) is 17.7 Å². The lowest BCUT2D eigenvalue weighted by atomic mass is 10.1. The summed E-state index contributed by atoms with van der Waals surface area (Å²) in [5.41, 5.74) is 1.27. The predicted molar refractivity (Wildman–Crippen MR) is 66.6 cm³/mol. The summed E-state index contributed by atoms with van der Waals surface area (Å²) in [6, 6.07) is 0. The third-order valence-corrected chi connectivity index (χ3v) is 3.29. The summed E-state index contributed by atoms with van der Waals surface area (Å²) in [4.78, 5) is 18.3. The van der Waals surface area contributed by atoms with Gasteiger partial charge in [-0.15, -0.1) is 0 Å². The van der Waals surface area contributed by atoms with Gasteiger partial charge in [0.15, 0.2) is 0 Å². The van der Waals surface area contributed by atoms with E-state index < -0.39 is 0 Å². The van der Waals surface area contributed by atoms with Gasteiger partial charge in [-0.25, -0.2) is 4.98 Å². The molecule has 1 aromatic rings. The molecule has 1 aliphatic rings. The quantitative estimate of drug-likeness (QED) is 0.786. The van der Waals surface area contributed by atoms with Gasteiger partial charge in [-0.2, -0.15) is 0 Å². The van der Waals surface area contributed by atoms with Crippen molar-refractivity contribution in [1.82, 2.24) is 14.5 Å². The van der Waals surface area contributed by atoms with Crippen molar-refractivity contribution in [3.8, 4) is 0 Å². The Morgan fingerprint density at radius 1 is 1.29 bits per heavy atom. The summed E-state index contributed by atoms with van der Waals surface area (Å²) in [5.74, 6) is 1.81. The van der Waals surface area contributed by atoms with Crippen molar-refractivity contribution >= 4 is 5.91 Å². The number of hydrogen-bond acceptors (Lipinski definition) is 2. The van der Waals surface area contributed by atoms with E-state index in [1.165, 1.54) is 5.69 Å². The highest BCUT2D eigenvalue weighted by molar-refractivity contribution is 5.78. The molecule has 4 nitrogen and oxygen atoms in total. The van der Waals surface area contributed by atoms with E-state index in [2.05, 4.69) is 23.4 Å². The number of carbonyl (C=O) groups excluding carboxylic acids is 1. The molecule has 1 aliphatic heterocycles. The first-order chi connectivity index (χ1) is 8.00. The average Bonchev–Trinajstić information content (AvgIpc) is 2.70. The first kappa shape index (κ1) is 12.1. The van der Waals surface area contributed by atoms with E-state index in [0.29, 0.717) is 12.5 Å². The van der Waals surface area contributed by atoms with Crippen molar-refractivity contribution in [3.63, 3.8) is 0 Å². The van der Waals surface area contributed by atoms with Crippen molar-refractivity contribution in [2.24, 2.45) is 5.92 Å². The molecule has 1 amide bonds. The molecule has 0 fully saturated rings. The van der Waals surface area contributed by atoms with Gasteiger partial charge in [0.25, 0.3) is 0 Å². The van der Waals surface area contributed by atoms with E-state index >= 15 is 0 Å². The highest BCUT2D eigenvalue weighted by atomic mass is 16.2. The zero-order chi connectivity index (χ0) is 12.6. The molecule has 94 valence electrons. The number of carbonyl (C=O) groups is 1. The van der Waals surface area contributed by atoms with Crippen LogP contribution in [0.5, 0.6) is 0 Å². The van der Waals surface area contributed by atoms with Crippen molar-refractivity contribution in [2.75, 3.05) is 6.54 Å². The Balaban J connectivity index is 2.18. The molecule has 2 heterocycles. The van der Waals surface area contributed by atoms with Crippen LogP contribution in [0.2, 0.25) is 0 Å². The fourth-order valence-corrected chi connectivity index (χ4v) is 2.30. The average molecular weight is 235 g/mol. The van der Waals surface area contributed by atoms with Crippen LogP contribution >= 0.6 is 0 Å². The number of nitrogens with zero attached hydrogens (tertiary/aromatic N) is 3. The maximum Gasteiger partial charge on any atom is 0.225 e. The fraction of sp³-hybridized carbons (Fsp3) is 0.692. The van der Waals surface area contributed by atoms with E-state index in [4.69, 9.17) is 0 Å². The molecular weight excluding hydrogens is 214 g/mol. The molecule has 0 unspecified atom stereocenters. The molecule has 4 heteroatoms. The molecule has 0 saturated heterocycles. The SMILES string of the molecule is CC(C)C(=O)N1CCn2c(C(C)C)cnc2C1. The molecule has 0 radical (unpaired) electrons. The van der Waals surface area contributed by atoms with Crippen LogP contribution in [-0.2, 0) is 17.9 Å². The van der Waals surface area contributed by atoms with E-state index in [1.807, 2.05) is 24.9 Å².